The maximum atomic E-state index is 12.0. The van der Waals surface area contributed by atoms with Gasteiger partial charge in [-0.25, -0.2) is 0 Å². The van der Waals surface area contributed by atoms with Crippen LogP contribution in [0.3, 0.4) is 0 Å². The minimum absolute atomic E-state index is 0.0759. The second-order valence-corrected chi connectivity index (χ2v) is 4.60. The Labute approximate surface area is 112 Å². The first kappa shape index (κ1) is 13.3. The van der Waals surface area contributed by atoms with Crippen LogP contribution in [0.15, 0.2) is 18.6 Å². The van der Waals surface area contributed by atoms with Crippen LogP contribution in [0.4, 0.5) is 0 Å². The molecule has 2 rings (SSSR count). The molecule has 1 amide bonds. The SMILES string of the molecule is CCn1ncc(C(C)NC(=O)c2cnn(C)c2)c1C. The lowest BCUT2D eigenvalue weighted by atomic mass is 10.1. The lowest BCUT2D eigenvalue weighted by molar-refractivity contribution is 0.0939. The normalized spacial score (nSPS) is 12.4. The number of aryl methyl sites for hydroxylation is 2. The molecule has 0 bridgehead atoms. The topological polar surface area (TPSA) is 64.7 Å². The zero-order chi connectivity index (χ0) is 14.0. The molecule has 0 saturated carbocycles. The molecule has 0 aliphatic rings. The van der Waals surface area contributed by atoms with Gasteiger partial charge in [-0.1, -0.05) is 0 Å². The first-order chi connectivity index (χ1) is 9.02. The number of nitrogens with zero attached hydrogens (tertiary/aromatic N) is 4. The molecule has 0 fully saturated rings. The van der Waals surface area contributed by atoms with Crippen molar-refractivity contribution < 1.29 is 4.79 Å². The highest BCUT2D eigenvalue weighted by molar-refractivity contribution is 5.93. The van der Waals surface area contributed by atoms with Crippen molar-refractivity contribution in [3.8, 4) is 0 Å². The fourth-order valence-electron chi connectivity index (χ4n) is 2.10. The van der Waals surface area contributed by atoms with Crippen molar-refractivity contribution in [2.45, 2.75) is 33.4 Å². The van der Waals surface area contributed by atoms with Crippen LogP contribution in [0.5, 0.6) is 0 Å². The monoisotopic (exact) mass is 261 g/mol. The number of carbonyl (C=O) groups is 1. The number of amides is 1. The van der Waals surface area contributed by atoms with Gasteiger partial charge in [0.25, 0.3) is 5.91 Å². The lowest BCUT2D eigenvalue weighted by Crippen LogP contribution is -2.26. The summed E-state index contributed by atoms with van der Waals surface area (Å²) in [6, 6.07) is -0.0759. The molecule has 0 saturated heterocycles. The number of hydrogen-bond donors (Lipinski definition) is 1. The van der Waals surface area contributed by atoms with Gasteiger partial charge in [-0.2, -0.15) is 10.2 Å². The summed E-state index contributed by atoms with van der Waals surface area (Å²) < 4.78 is 3.53. The minimum Gasteiger partial charge on any atom is -0.345 e. The second kappa shape index (κ2) is 5.26. The van der Waals surface area contributed by atoms with E-state index in [1.165, 1.54) is 0 Å². The Kier molecular flexibility index (Phi) is 3.69. The second-order valence-electron chi connectivity index (χ2n) is 4.60. The van der Waals surface area contributed by atoms with Gasteiger partial charge >= 0.3 is 0 Å². The van der Waals surface area contributed by atoms with Crippen LogP contribution in [-0.2, 0) is 13.6 Å². The third-order valence-corrected chi connectivity index (χ3v) is 3.22. The molecular formula is C13H19N5O. The van der Waals surface area contributed by atoms with Gasteiger partial charge < -0.3 is 5.32 Å². The summed E-state index contributed by atoms with van der Waals surface area (Å²) in [5.41, 5.74) is 2.69. The molecule has 2 aromatic rings. The Balaban J connectivity index is 2.10. The third kappa shape index (κ3) is 2.67. The highest BCUT2D eigenvalue weighted by Gasteiger charge is 2.16. The maximum Gasteiger partial charge on any atom is 0.254 e. The van der Waals surface area contributed by atoms with E-state index in [-0.39, 0.29) is 11.9 Å². The summed E-state index contributed by atoms with van der Waals surface area (Å²) >= 11 is 0. The zero-order valence-electron chi connectivity index (χ0n) is 11.7. The molecule has 1 unspecified atom stereocenters. The molecule has 0 spiro atoms. The fourth-order valence-corrected chi connectivity index (χ4v) is 2.10. The van der Waals surface area contributed by atoms with E-state index < -0.39 is 0 Å². The first-order valence-electron chi connectivity index (χ1n) is 6.34. The summed E-state index contributed by atoms with van der Waals surface area (Å²) in [4.78, 5) is 12.0. The summed E-state index contributed by atoms with van der Waals surface area (Å²) in [6.07, 6.45) is 5.07. The van der Waals surface area contributed by atoms with Gasteiger partial charge in [0, 0.05) is 31.0 Å². The van der Waals surface area contributed by atoms with Crippen LogP contribution in [0.2, 0.25) is 0 Å². The smallest absolute Gasteiger partial charge is 0.254 e. The van der Waals surface area contributed by atoms with Gasteiger partial charge in [-0.05, 0) is 20.8 Å². The molecule has 2 aromatic heterocycles. The summed E-state index contributed by atoms with van der Waals surface area (Å²) in [5.74, 6) is -0.121. The number of hydrogen-bond acceptors (Lipinski definition) is 3. The maximum absolute atomic E-state index is 12.0. The van der Waals surface area contributed by atoms with E-state index in [1.54, 1.807) is 24.1 Å². The Morgan fingerprint density at radius 1 is 1.42 bits per heavy atom. The Bertz CT molecular complexity index is 584. The number of nitrogens with one attached hydrogen (secondary N) is 1. The molecule has 2 heterocycles. The van der Waals surface area contributed by atoms with Crippen LogP contribution in [0.1, 0.15) is 41.5 Å². The third-order valence-electron chi connectivity index (χ3n) is 3.22. The van der Waals surface area contributed by atoms with E-state index in [0.717, 1.165) is 17.8 Å². The number of carbonyl (C=O) groups excluding carboxylic acids is 1. The van der Waals surface area contributed by atoms with Crippen molar-refractivity contribution in [1.29, 1.82) is 0 Å². The predicted molar refractivity (Wildman–Crippen MR) is 71.7 cm³/mol. The largest absolute Gasteiger partial charge is 0.345 e. The van der Waals surface area contributed by atoms with Gasteiger partial charge in [0.15, 0.2) is 0 Å². The summed E-state index contributed by atoms with van der Waals surface area (Å²) in [5, 5.41) is 11.2. The van der Waals surface area contributed by atoms with E-state index in [4.69, 9.17) is 0 Å². The number of rotatable bonds is 4. The van der Waals surface area contributed by atoms with Crippen LogP contribution in [0.25, 0.3) is 0 Å². The molecule has 0 aliphatic carbocycles. The van der Waals surface area contributed by atoms with E-state index in [0.29, 0.717) is 5.56 Å². The molecule has 6 nitrogen and oxygen atoms in total. The minimum atomic E-state index is -0.121. The van der Waals surface area contributed by atoms with Crippen molar-refractivity contribution in [3.05, 3.63) is 35.4 Å². The van der Waals surface area contributed by atoms with Crippen LogP contribution >= 0.6 is 0 Å². The fraction of sp³-hybridized carbons (Fsp3) is 0.462. The molecular weight excluding hydrogens is 242 g/mol. The highest BCUT2D eigenvalue weighted by atomic mass is 16.1. The van der Waals surface area contributed by atoms with E-state index in [2.05, 4.69) is 15.5 Å². The van der Waals surface area contributed by atoms with Gasteiger partial charge in [0.1, 0.15) is 0 Å². The Morgan fingerprint density at radius 2 is 2.16 bits per heavy atom. The molecule has 6 heteroatoms. The van der Waals surface area contributed by atoms with Crippen molar-refractivity contribution in [3.63, 3.8) is 0 Å². The van der Waals surface area contributed by atoms with Crippen molar-refractivity contribution in [2.75, 3.05) is 0 Å². The molecule has 102 valence electrons. The molecule has 0 radical (unpaired) electrons. The van der Waals surface area contributed by atoms with Crippen molar-refractivity contribution >= 4 is 5.91 Å². The quantitative estimate of drug-likeness (QED) is 0.905. The summed E-state index contributed by atoms with van der Waals surface area (Å²) in [7, 11) is 1.79. The average Bonchev–Trinajstić information content (AvgIpc) is 2.95. The average molecular weight is 261 g/mol. The molecule has 1 N–H and O–H groups in total. The van der Waals surface area contributed by atoms with Crippen molar-refractivity contribution in [1.82, 2.24) is 24.9 Å². The van der Waals surface area contributed by atoms with Gasteiger partial charge in [-0.15, -0.1) is 0 Å². The van der Waals surface area contributed by atoms with Gasteiger partial charge in [0.05, 0.1) is 24.0 Å². The Hall–Kier alpha value is -2.11. The van der Waals surface area contributed by atoms with Crippen LogP contribution in [-0.4, -0.2) is 25.5 Å². The van der Waals surface area contributed by atoms with Gasteiger partial charge in [0.2, 0.25) is 0 Å². The van der Waals surface area contributed by atoms with Crippen LogP contribution in [0, 0.1) is 6.92 Å². The van der Waals surface area contributed by atoms with E-state index in [1.807, 2.05) is 31.6 Å². The number of aromatic nitrogens is 4. The first-order valence-corrected chi connectivity index (χ1v) is 6.34. The zero-order valence-corrected chi connectivity index (χ0v) is 11.7. The van der Waals surface area contributed by atoms with Crippen molar-refractivity contribution in [2.24, 2.45) is 7.05 Å². The highest BCUT2D eigenvalue weighted by Crippen LogP contribution is 2.17. The molecule has 0 aliphatic heterocycles. The standard InChI is InChI=1S/C13H19N5O/c1-5-18-10(3)12(7-15-18)9(2)16-13(19)11-6-14-17(4)8-11/h6-9H,5H2,1-4H3,(H,16,19). The van der Waals surface area contributed by atoms with E-state index in [9.17, 15) is 4.79 Å². The van der Waals surface area contributed by atoms with E-state index >= 15 is 0 Å². The van der Waals surface area contributed by atoms with Gasteiger partial charge in [-0.3, -0.25) is 14.2 Å². The Morgan fingerprint density at radius 3 is 2.68 bits per heavy atom. The summed E-state index contributed by atoms with van der Waals surface area (Å²) in [6.45, 7) is 6.84. The molecule has 19 heavy (non-hydrogen) atoms. The molecule has 1 atom stereocenters. The lowest BCUT2D eigenvalue weighted by Gasteiger charge is -2.13. The van der Waals surface area contributed by atoms with Crippen LogP contribution < -0.4 is 5.32 Å². The molecule has 0 aromatic carbocycles. The predicted octanol–water partition coefficient (Wildman–Crippen LogP) is 1.44.